The minimum atomic E-state index is -2.18. The van der Waals surface area contributed by atoms with Crippen LogP contribution < -0.4 is 5.32 Å². The lowest BCUT2D eigenvalue weighted by Gasteiger charge is -2.21. The number of carbonyl (C=O) groups is 1. The lowest BCUT2D eigenvalue weighted by Crippen LogP contribution is -2.40. The summed E-state index contributed by atoms with van der Waals surface area (Å²) in [5, 5.41) is 11.7. The first-order valence-corrected chi connectivity index (χ1v) is 4.82. The van der Waals surface area contributed by atoms with Gasteiger partial charge in [0, 0.05) is 19.0 Å². The Balaban J connectivity index is 2.34. The largest absolute Gasteiger partial charge is 0.479 e. The molecule has 0 spiro atoms. The van der Waals surface area contributed by atoms with Crippen LogP contribution in [0.25, 0.3) is 0 Å². The molecule has 1 saturated heterocycles. The smallest absolute Gasteiger partial charge is 0.343 e. The van der Waals surface area contributed by atoms with E-state index in [1.54, 1.807) is 24.3 Å². The van der Waals surface area contributed by atoms with Crippen molar-refractivity contribution in [2.24, 2.45) is 0 Å². The van der Waals surface area contributed by atoms with Crippen molar-refractivity contribution in [3.63, 3.8) is 0 Å². The van der Waals surface area contributed by atoms with Crippen LogP contribution in [0.15, 0.2) is 30.3 Å². The molecule has 0 unspecified atom stereocenters. The highest BCUT2D eigenvalue weighted by Gasteiger charge is 2.50. The number of carboxylic acids is 1. The summed E-state index contributed by atoms with van der Waals surface area (Å²) in [4.78, 5) is 10.9. The van der Waals surface area contributed by atoms with E-state index in [4.69, 9.17) is 5.11 Å². The minimum Gasteiger partial charge on any atom is -0.479 e. The zero-order valence-electron chi connectivity index (χ0n) is 8.11. The van der Waals surface area contributed by atoms with E-state index in [1.807, 2.05) is 6.07 Å². The third kappa shape index (κ3) is 1.61. The molecule has 80 valence electrons. The molecule has 0 bridgehead atoms. The van der Waals surface area contributed by atoms with E-state index in [0.717, 1.165) is 5.56 Å². The first kappa shape index (κ1) is 10.1. The minimum absolute atomic E-state index is 0.123. The number of carboxylic acid groups (broad SMARTS) is 1. The molecule has 1 aromatic carbocycles. The average Bonchev–Trinajstić information content (AvgIpc) is 2.63. The molecule has 0 amide bonds. The van der Waals surface area contributed by atoms with Crippen LogP contribution in [-0.4, -0.2) is 29.8 Å². The van der Waals surface area contributed by atoms with Gasteiger partial charge in [0.1, 0.15) is 0 Å². The van der Waals surface area contributed by atoms with Crippen LogP contribution >= 0.6 is 0 Å². The molecule has 1 aliphatic rings. The molecule has 1 aliphatic heterocycles. The number of alkyl halides is 1. The van der Waals surface area contributed by atoms with E-state index in [9.17, 15) is 9.18 Å². The quantitative estimate of drug-likeness (QED) is 0.768. The SMILES string of the molecule is O=C(O)[C@@]1(F)CNC[C@H]1c1ccccc1. The van der Waals surface area contributed by atoms with Crippen molar-refractivity contribution in [2.75, 3.05) is 13.1 Å². The van der Waals surface area contributed by atoms with Gasteiger partial charge in [-0.3, -0.25) is 0 Å². The van der Waals surface area contributed by atoms with Gasteiger partial charge in [0.15, 0.2) is 0 Å². The predicted molar refractivity (Wildman–Crippen MR) is 53.5 cm³/mol. The van der Waals surface area contributed by atoms with Gasteiger partial charge in [0.05, 0.1) is 0 Å². The number of rotatable bonds is 2. The average molecular weight is 209 g/mol. The molecule has 0 radical (unpaired) electrons. The highest BCUT2D eigenvalue weighted by Crippen LogP contribution is 2.35. The van der Waals surface area contributed by atoms with Gasteiger partial charge in [-0.15, -0.1) is 0 Å². The number of aliphatic carboxylic acids is 1. The van der Waals surface area contributed by atoms with Crippen LogP contribution in [0.3, 0.4) is 0 Å². The van der Waals surface area contributed by atoms with Crippen LogP contribution in [0.1, 0.15) is 11.5 Å². The molecule has 1 fully saturated rings. The molecule has 15 heavy (non-hydrogen) atoms. The van der Waals surface area contributed by atoms with Crippen LogP contribution in [0.5, 0.6) is 0 Å². The van der Waals surface area contributed by atoms with E-state index in [-0.39, 0.29) is 6.54 Å². The first-order chi connectivity index (χ1) is 7.14. The van der Waals surface area contributed by atoms with E-state index >= 15 is 0 Å². The Hall–Kier alpha value is -1.42. The Bertz CT molecular complexity index is 368. The molecular weight excluding hydrogens is 197 g/mol. The second kappa shape index (κ2) is 3.62. The maximum atomic E-state index is 14.1. The van der Waals surface area contributed by atoms with Gasteiger partial charge in [0.25, 0.3) is 0 Å². The Labute approximate surface area is 86.9 Å². The Morgan fingerprint density at radius 3 is 2.73 bits per heavy atom. The molecule has 4 heteroatoms. The lowest BCUT2D eigenvalue weighted by molar-refractivity contribution is -0.150. The summed E-state index contributed by atoms with van der Waals surface area (Å²) in [5.74, 6) is -1.99. The molecule has 2 atom stereocenters. The molecule has 0 aromatic heterocycles. The normalized spacial score (nSPS) is 30.3. The molecule has 1 heterocycles. The van der Waals surface area contributed by atoms with Crippen molar-refractivity contribution < 1.29 is 14.3 Å². The van der Waals surface area contributed by atoms with Gasteiger partial charge >= 0.3 is 5.97 Å². The number of hydrogen-bond acceptors (Lipinski definition) is 2. The van der Waals surface area contributed by atoms with Crippen molar-refractivity contribution in [1.82, 2.24) is 5.32 Å². The predicted octanol–water partition coefficient (Wildman–Crippen LogP) is 1.17. The summed E-state index contributed by atoms with van der Waals surface area (Å²) < 4.78 is 14.1. The molecule has 0 aliphatic carbocycles. The van der Waals surface area contributed by atoms with Crippen LogP contribution in [-0.2, 0) is 4.79 Å². The highest BCUT2D eigenvalue weighted by molar-refractivity contribution is 5.80. The highest BCUT2D eigenvalue weighted by atomic mass is 19.1. The number of halogens is 1. The number of nitrogens with one attached hydrogen (secondary N) is 1. The van der Waals surface area contributed by atoms with Gasteiger partial charge in [-0.1, -0.05) is 30.3 Å². The third-order valence-corrected chi connectivity index (χ3v) is 2.84. The zero-order valence-corrected chi connectivity index (χ0v) is 8.11. The van der Waals surface area contributed by atoms with Gasteiger partial charge in [0.2, 0.25) is 5.67 Å². The van der Waals surface area contributed by atoms with E-state index in [2.05, 4.69) is 5.32 Å². The van der Waals surface area contributed by atoms with Crippen LogP contribution in [0, 0.1) is 0 Å². The fraction of sp³-hybridized carbons (Fsp3) is 0.364. The van der Waals surface area contributed by atoms with E-state index in [0.29, 0.717) is 6.54 Å². The van der Waals surface area contributed by atoms with Crippen LogP contribution in [0.4, 0.5) is 4.39 Å². The van der Waals surface area contributed by atoms with Crippen LogP contribution in [0.2, 0.25) is 0 Å². The summed E-state index contributed by atoms with van der Waals surface area (Å²) in [5.41, 5.74) is -1.45. The van der Waals surface area contributed by atoms with Crippen molar-refractivity contribution in [1.29, 1.82) is 0 Å². The number of benzene rings is 1. The van der Waals surface area contributed by atoms with Gasteiger partial charge in [-0.05, 0) is 5.56 Å². The Morgan fingerprint density at radius 1 is 1.47 bits per heavy atom. The van der Waals surface area contributed by atoms with Gasteiger partial charge in [-0.25, -0.2) is 9.18 Å². The molecule has 3 nitrogen and oxygen atoms in total. The van der Waals surface area contributed by atoms with Crippen molar-refractivity contribution in [3.8, 4) is 0 Å². The number of hydrogen-bond donors (Lipinski definition) is 2. The monoisotopic (exact) mass is 209 g/mol. The van der Waals surface area contributed by atoms with Gasteiger partial charge < -0.3 is 10.4 Å². The van der Waals surface area contributed by atoms with Gasteiger partial charge in [-0.2, -0.15) is 0 Å². The second-order valence-electron chi connectivity index (χ2n) is 3.76. The molecule has 1 aromatic rings. The van der Waals surface area contributed by atoms with Crippen molar-refractivity contribution >= 4 is 5.97 Å². The molecule has 2 N–H and O–H groups in total. The molecule has 2 rings (SSSR count). The summed E-state index contributed by atoms with van der Waals surface area (Å²) in [6.45, 7) is 0.245. The second-order valence-corrected chi connectivity index (χ2v) is 3.76. The Morgan fingerprint density at radius 2 is 2.13 bits per heavy atom. The fourth-order valence-corrected chi connectivity index (χ4v) is 1.98. The first-order valence-electron chi connectivity index (χ1n) is 4.82. The Kier molecular flexibility index (Phi) is 2.44. The summed E-state index contributed by atoms with van der Waals surface area (Å²) in [7, 11) is 0. The zero-order chi connectivity index (χ0) is 10.9. The maximum absolute atomic E-state index is 14.1. The maximum Gasteiger partial charge on any atom is 0.343 e. The topological polar surface area (TPSA) is 49.3 Å². The molecular formula is C11H12FNO2. The summed E-state index contributed by atoms with van der Waals surface area (Å²) in [6.07, 6.45) is 0. The third-order valence-electron chi connectivity index (χ3n) is 2.84. The molecule has 0 saturated carbocycles. The summed E-state index contributed by atoms with van der Waals surface area (Å²) in [6, 6.07) is 8.92. The lowest BCUT2D eigenvalue weighted by atomic mass is 9.86. The van der Waals surface area contributed by atoms with E-state index in [1.165, 1.54) is 0 Å². The summed E-state index contributed by atoms with van der Waals surface area (Å²) >= 11 is 0. The fourth-order valence-electron chi connectivity index (χ4n) is 1.98. The van der Waals surface area contributed by atoms with Crippen molar-refractivity contribution in [3.05, 3.63) is 35.9 Å². The van der Waals surface area contributed by atoms with E-state index < -0.39 is 17.6 Å². The van der Waals surface area contributed by atoms with Crippen molar-refractivity contribution in [2.45, 2.75) is 11.6 Å². The standard InChI is InChI=1S/C11H12FNO2/c12-11(10(14)15)7-13-6-9(11)8-4-2-1-3-5-8/h1-5,9,13H,6-7H2,(H,14,15)/t9-,11+/m0/s1.